The number of piperidine rings is 2. The Morgan fingerprint density at radius 1 is 0.625 bits per heavy atom. The molecule has 0 radical (unpaired) electrons. The van der Waals surface area contributed by atoms with E-state index in [1.54, 1.807) is 36.4 Å². The minimum atomic E-state index is -0.790. The number of hydrogen-bond donors (Lipinski definition) is 8. The van der Waals surface area contributed by atoms with Crippen LogP contribution in [0, 0.1) is 46.3 Å². The van der Waals surface area contributed by atoms with Crippen LogP contribution in [0.1, 0.15) is 109 Å². The van der Waals surface area contributed by atoms with Gasteiger partial charge in [-0.1, -0.05) is 73.2 Å². The summed E-state index contributed by atoms with van der Waals surface area (Å²) in [7, 11) is 0. The Morgan fingerprint density at radius 3 is 1.38 bits per heavy atom. The summed E-state index contributed by atoms with van der Waals surface area (Å²) < 4.78 is 0. The number of fused-ring (bicyclic) bond motifs is 2. The number of carbonyl (C=O) groups is 6. The molecule has 0 unspecified atom stereocenters. The van der Waals surface area contributed by atoms with Gasteiger partial charge in [0.05, 0.1) is 33.2 Å². The van der Waals surface area contributed by atoms with Gasteiger partial charge in [-0.25, -0.2) is 0 Å². The van der Waals surface area contributed by atoms with Crippen molar-refractivity contribution in [2.24, 2.45) is 23.7 Å². The van der Waals surface area contributed by atoms with Crippen molar-refractivity contribution in [2.75, 3.05) is 13.1 Å². The summed E-state index contributed by atoms with van der Waals surface area (Å²) in [5.74, 6) is -1.58. The lowest BCUT2D eigenvalue weighted by molar-refractivity contribution is -0.128. The van der Waals surface area contributed by atoms with E-state index in [0.29, 0.717) is 83.1 Å². The third kappa shape index (κ3) is 12.1. The van der Waals surface area contributed by atoms with Crippen LogP contribution in [0.25, 0.3) is 21.8 Å². The van der Waals surface area contributed by atoms with Gasteiger partial charge in [-0.15, -0.1) is 0 Å². The summed E-state index contributed by atoms with van der Waals surface area (Å²) in [6.45, 7) is 1.29. The second kappa shape index (κ2) is 21.1. The molecule has 64 heavy (non-hydrogen) atoms. The van der Waals surface area contributed by atoms with Crippen LogP contribution in [-0.4, -0.2) is 82.7 Å². The van der Waals surface area contributed by atoms with Crippen LogP contribution >= 0.6 is 23.2 Å². The number of rotatable bonds is 16. The van der Waals surface area contributed by atoms with Crippen molar-refractivity contribution >= 4 is 80.5 Å². The number of amides is 6. The normalized spacial score (nSPS) is 20.1. The number of halogens is 2. The first kappa shape index (κ1) is 45.9. The van der Waals surface area contributed by atoms with Gasteiger partial charge in [-0.05, 0) is 87.5 Å². The zero-order valence-electron chi connectivity index (χ0n) is 35.2. The Bertz CT molecular complexity index is 2350. The van der Waals surface area contributed by atoms with Crippen LogP contribution in [0.2, 0.25) is 10.0 Å². The van der Waals surface area contributed by atoms with Gasteiger partial charge in [0.25, 0.3) is 11.8 Å². The van der Waals surface area contributed by atoms with Crippen molar-refractivity contribution < 1.29 is 40.2 Å². The predicted molar refractivity (Wildman–Crippen MR) is 257 cm³/mol. The number of para-hydroxylation sites is 2. The maximum Gasteiger partial charge on any atom is 0.268 e. The maximum atomic E-state index is 13.0. The number of nitrogens with one attached hydrogen (secondary N) is 8. The monoisotopic (exact) mass is 926 g/mol. The molecule has 2 aliphatic heterocycles. The second-order valence-electron chi connectivity index (χ2n) is 17.3. The standard InChI is InChI=1S/2C23H26ClN5O3.8H2/c2*24-17-5-1-3-14-11-19(28-20(14)17)23(32)29-18(9-13-6-7-13)22(31)27-16(12-25)10-15-4-2-8-26-21(15)30;;;;;;;;/h2*1,3,5,11,13,15-16,18,28H,2,4,6-10H2,(H,26,30)(H,27,31)(H,29,32);8*1H/t15-,16-,18+;15-,16-,18-;;;;;;;;/m00......../s1. The van der Waals surface area contributed by atoms with Crippen molar-refractivity contribution in [2.45, 2.75) is 101 Å². The average molecular weight is 928 g/mol. The number of nitrogens with zero attached hydrogens (tertiary/aromatic N) is 2. The molecular formula is C46H68Cl2N10O6. The molecule has 6 atom stereocenters. The van der Waals surface area contributed by atoms with Gasteiger partial charge in [-0.2, -0.15) is 10.5 Å². The van der Waals surface area contributed by atoms with Gasteiger partial charge < -0.3 is 41.9 Å². The van der Waals surface area contributed by atoms with Gasteiger partial charge in [0, 0.05) is 47.1 Å². The fourth-order valence-electron chi connectivity index (χ4n) is 8.31. The average Bonchev–Trinajstić information content (AvgIpc) is 4.20. The highest BCUT2D eigenvalue weighted by molar-refractivity contribution is 6.35. The predicted octanol–water partition coefficient (Wildman–Crippen LogP) is 7.26. The minimum absolute atomic E-state index is 0. The van der Waals surface area contributed by atoms with E-state index < -0.39 is 47.8 Å². The summed E-state index contributed by atoms with van der Waals surface area (Å²) in [5.41, 5.74) is 1.96. The lowest BCUT2D eigenvalue weighted by Crippen LogP contribution is -2.50. The quantitative estimate of drug-likeness (QED) is 0.0566. The molecule has 0 bridgehead atoms. The molecule has 8 rings (SSSR count). The number of aromatic amines is 2. The minimum Gasteiger partial charge on any atom is -0.356 e. The maximum absolute atomic E-state index is 13.0. The third-order valence-electron chi connectivity index (χ3n) is 12.3. The molecule has 8 N–H and O–H groups in total. The lowest BCUT2D eigenvalue weighted by atomic mass is 9.92. The molecule has 2 saturated heterocycles. The van der Waals surface area contributed by atoms with Gasteiger partial charge in [-0.3, -0.25) is 28.8 Å². The van der Waals surface area contributed by atoms with Crippen molar-refractivity contribution in [1.29, 1.82) is 10.5 Å². The van der Waals surface area contributed by atoms with Gasteiger partial charge >= 0.3 is 0 Å². The largest absolute Gasteiger partial charge is 0.356 e. The molecule has 2 aromatic heterocycles. The molecule has 4 aromatic rings. The zero-order chi connectivity index (χ0) is 45.3. The molecule has 18 heteroatoms. The smallest absolute Gasteiger partial charge is 0.268 e. The van der Waals surface area contributed by atoms with E-state index in [9.17, 15) is 39.3 Å². The van der Waals surface area contributed by atoms with E-state index in [1.807, 2.05) is 12.1 Å². The van der Waals surface area contributed by atoms with E-state index in [-0.39, 0.29) is 47.9 Å². The summed E-state index contributed by atoms with van der Waals surface area (Å²) in [6.07, 6.45) is 8.75. The van der Waals surface area contributed by atoms with E-state index in [2.05, 4.69) is 54.0 Å². The van der Waals surface area contributed by atoms with Crippen molar-refractivity contribution in [3.05, 3.63) is 70.0 Å². The van der Waals surface area contributed by atoms with E-state index >= 15 is 0 Å². The van der Waals surface area contributed by atoms with E-state index in [1.165, 1.54) is 0 Å². The number of nitriles is 2. The van der Waals surface area contributed by atoms with Crippen molar-refractivity contribution in [3.63, 3.8) is 0 Å². The zero-order valence-corrected chi connectivity index (χ0v) is 36.7. The molecule has 16 nitrogen and oxygen atoms in total. The lowest BCUT2D eigenvalue weighted by Gasteiger charge is -2.25. The topological polar surface area (TPSA) is 254 Å². The Balaban J connectivity index is 0. The molecule has 2 saturated carbocycles. The number of aromatic nitrogens is 2. The fourth-order valence-corrected chi connectivity index (χ4v) is 8.77. The highest BCUT2D eigenvalue weighted by atomic mass is 35.5. The molecule has 4 aliphatic rings. The molecule has 352 valence electrons. The van der Waals surface area contributed by atoms with Gasteiger partial charge in [0.2, 0.25) is 23.6 Å². The first-order valence-electron chi connectivity index (χ1n) is 22.0. The summed E-state index contributed by atoms with van der Waals surface area (Å²) in [5, 5.41) is 38.4. The molecule has 0 spiro atoms. The van der Waals surface area contributed by atoms with Crippen LogP contribution in [-0.2, 0) is 19.2 Å². The van der Waals surface area contributed by atoms with E-state index in [4.69, 9.17) is 23.2 Å². The number of hydrogen-bond acceptors (Lipinski definition) is 8. The Hall–Kier alpha value is -6.10. The number of H-pyrrole nitrogens is 2. The van der Waals surface area contributed by atoms with Crippen LogP contribution in [0.5, 0.6) is 0 Å². The number of carbonyl (C=O) groups excluding carboxylic acids is 6. The molecule has 6 amide bonds. The Morgan fingerprint density at radius 2 is 1.03 bits per heavy atom. The first-order chi connectivity index (χ1) is 30.9. The van der Waals surface area contributed by atoms with Gasteiger partial charge in [0.1, 0.15) is 35.6 Å². The molecule has 2 aliphatic carbocycles. The van der Waals surface area contributed by atoms with Crippen LogP contribution < -0.4 is 31.9 Å². The molecule has 4 fully saturated rings. The van der Waals surface area contributed by atoms with Gasteiger partial charge in [0.15, 0.2) is 0 Å². The van der Waals surface area contributed by atoms with Crippen LogP contribution in [0.4, 0.5) is 0 Å². The summed E-state index contributed by atoms with van der Waals surface area (Å²) in [4.78, 5) is 81.8. The first-order valence-corrected chi connectivity index (χ1v) is 22.8. The SMILES string of the molecule is N#C[C@H](C[C@@H]1CCCNC1=O)NC(=O)[C@@H](CC1CC1)NC(=O)c1cc2cccc(Cl)c2[nH]1.N#C[C@H](C[C@@H]1CCCNC1=O)NC(=O)[C@H](CC1CC1)NC(=O)c1cc2cccc(Cl)c2[nH]1.[HH].[HH].[HH].[HH].[HH].[HH].[HH].[HH]. The van der Waals surface area contributed by atoms with Crippen LogP contribution in [0.15, 0.2) is 48.5 Å². The number of benzene rings is 2. The van der Waals surface area contributed by atoms with E-state index in [0.717, 1.165) is 49.3 Å². The summed E-state index contributed by atoms with van der Waals surface area (Å²) in [6, 6.07) is 15.3. The second-order valence-corrected chi connectivity index (χ2v) is 18.1. The highest BCUT2D eigenvalue weighted by Gasteiger charge is 2.35. The Labute approximate surface area is 392 Å². The van der Waals surface area contributed by atoms with Crippen molar-refractivity contribution in [3.8, 4) is 12.1 Å². The van der Waals surface area contributed by atoms with Crippen LogP contribution in [0.3, 0.4) is 0 Å². The molecular weight excluding hydrogens is 859 g/mol. The fraction of sp³-hybridized carbons (Fsp3) is 0.478. The molecule has 2 aromatic carbocycles. The highest BCUT2D eigenvalue weighted by Crippen LogP contribution is 2.35. The van der Waals surface area contributed by atoms with Crippen molar-refractivity contribution in [1.82, 2.24) is 41.9 Å². The Kier molecular flexibility index (Phi) is 15.1. The molecule has 4 heterocycles. The third-order valence-corrected chi connectivity index (χ3v) is 12.9. The summed E-state index contributed by atoms with van der Waals surface area (Å²) >= 11 is 12.4.